The predicted molar refractivity (Wildman–Crippen MR) is 72.7 cm³/mol. The molecular formula is C13H16N2O2S. The number of hydrogen-bond donors (Lipinski definition) is 1. The highest BCUT2D eigenvalue weighted by molar-refractivity contribution is 7.07. The van der Waals surface area contributed by atoms with Crippen molar-refractivity contribution in [2.75, 3.05) is 5.73 Å². The van der Waals surface area contributed by atoms with Crippen LogP contribution in [0.4, 0.5) is 5.69 Å². The molecule has 0 atom stereocenters. The number of hydrogen-bond acceptors (Lipinski definition) is 4. The predicted octanol–water partition coefficient (Wildman–Crippen LogP) is 3.07. The molecular weight excluding hydrogens is 248 g/mol. The van der Waals surface area contributed by atoms with Crippen molar-refractivity contribution in [2.24, 2.45) is 0 Å². The second kappa shape index (κ2) is 5.27. The Hall–Kier alpha value is -1.75. The second-order valence-electron chi connectivity index (χ2n) is 4.37. The lowest BCUT2D eigenvalue weighted by molar-refractivity contribution is 0.0459. The number of aromatic nitrogens is 1. The van der Waals surface area contributed by atoms with Crippen molar-refractivity contribution in [2.45, 2.75) is 26.5 Å². The molecule has 0 radical (unpaired) electrons. The van der Waals surface area contributed by atoms with E-state index < -0.39 is 0 Å². The Bertz CT molecular complexity index is 529. The van der Waals surface area contributed by atoms with Gasteiger partial charge >= 0.3 is 5.97 Å². The molecule has 2 aromatic rings. The molecule has 0 spiro atoms. The lowest BCUT2D eigenvalue weighted by Crippen LogP contribution is -2.13. The van der Waals surface area contributed by atoms with Gasteiger partial charge in [0.25, 0.3) is 0 Å². The van der Waals surface area contributed by atoms with Crippen LogP contribution < -0.4 is 5.73 Å². The lowest BCUT2D eigenvalue weighted by Gasteiger charge is -2.11. The van der Waals surface area contributed by atoms with Gasteiger partial charge in [0.05, 0.1) is 5.69 Å². The van der Waals surface area contributed by atoms with Gasteiger partial charge in [0.2, 0.25) is 0 Å². The number of esters is 1. The number of carbonyl (C=O) groups excluding carboxylic acids is 1. The van der Waals surface area contributed by atoms with E-state index in [-0.39, 0.29) is 12.0 Å². The van der Waals surface area contributed by atoms with Gasteiger partial charge in [0.1, 0.15) is 12.3 Å². The highest BCUT2D eigenvalue weighted by Crippen LogP contribution is 2.18. The molecule has 18 heavy (non-hydrogen) atoms. The van der Waals surface area contributed by atoms with Gasteiger partial charge in [-0.15, -0.1) is 0 Å². The first-order valence-electron chi connectivity index (χ1n) is 5.73. The molecule has 0 aliphatic carbocycles. The van der Waals surface area contributed by atoms with Crippen molar-refractivity contribution in [3.05, 3.63) is 40.3 Å². The summed E-state index contributed by atoms with van der Waals surface area (Å²) in [5, 5.41) is 3.92. The third-order valence-electron chi connectivity index (χ3n) is 2.59. The number of thiophene rings is 1. The number of nitrogens with two attached hydrogens (primary N) is 1. The molecule has 0 bridgehead atoms. The summed E-state index contributed by atoms with van der Waals surface area (Å²) < 4.78 is 7.09. The number of anilines is 1. The maximum atomic E-state index is 12.0. The first kappa shape index (κ1) is 12.7. The van der Waals surface area contributed by atoms with Gasteiger partial charge < -0.3 is 15.0 Å². The third-order valence-corrected chi connectivity index (χ3v) is 3.32. The molecule has 0 saturated heterocycles. The molecule has 0 aromatic carbocycles. The molecule has 0 fully saturated rings. The largest absolute Gasteiger partial charge is 0.456 e. The van der Waals surface area contributed by atoms with Crippen LogP contribution in [-0.4, -0.2) is 10.5 Å². The van der Waals surface area contributed by atoms with Gasteiger partial charge in [-0.2, -0.15) is 11.3 Å². The topological polar surface area (TPSA) is 57.2 Å². The third kappa shape index (κ3) is 2.73. The SMILES string of the molecule is CC(C)n1cc(N)cc1C(=O)OCc1ccsc1. The van der Waals surface area contributed by atoms with Crippen LogP contribution >= 0.6 is 11.3 Å². The molecule has 0 unspecified atom stereocenters. The molecule has 96 valence electrons. The molecule has 0 aliphatic rings. The zero-order chi connectivity index (χ0) is 13.1. The number of nitrogens with zero attached hydrogens (tertiary/aromatic N) is 1. The monoisotopic (exact) mass is 264 g/mol. The fraction of sp³-hybridized carbons (Fsp3) is 0.308. The Kier molecular flexibility index (Phi) is 3.72. The quantitative estimate of drug-likeness (QED) is 0.863. The zero-order valence-electron chi connectivity index (χ0n) is 10.4. The minimum absolute atomic E-state index is 0.172. The van der Waals surface area contributed by atoms with Crippen LogP contribution in [0.1, 0.15) is 35.9 Å². The van der Waals surface area contributed by atoms with Gasteiger partial charge in [-0.05, 0) is 36.7 Å². The second-order valence-corrected chi connectivity index (χ2v) is 5.15. The van der Waals surface area contributed by atoms with Crippen molar-refractivity contribution >= 4 is 23.0 Å². The van der Waals surface area contributed by atoms with Crippen LogP contribution in [0.25, 0.3) is 0 Å². The Morgan fingerprint density at radius 2 is 2.33 bits per heavy atom. The summed E-state index contributed by atoms with van der Waals surface area (Å²) in [6, 6.07) is 3.76. The molecule has 2 aromatic heterocycles. The molecule has 0 amide bonds. The van der Waals surface area contributed by atoms with Crippen molar-refractivity contribution in [3.63, 3.8) is 0 Å². The van der Waals surface area contributed by atoms with Crippen LogP contribution in [-0.2, 0) is 11.3 Å². The lowest BCUT2D eigenvalue weighted by atomic mass is 10.3. The molecule has 5 heteroatoms. The van der Waals surface area contributed by atoms with Gasteiger partial charge in [-0.25, -0.2) is 4.79 Å². The van der Waals surface area contributed by atoms with Crippen LogP contribution in [0, 0.1) is 0 Å². The van der Waals surface area contributed by atoms with E-state index in [9.17, 15) is 4.79 Å². The zero-order valence-corrected chi connectivity index (χ0v) is 11.2. The average molecular weight is 264 g/mol. The number of ether oxygens (including phenoxy) is 1. The summed E-state index contributed by atoms with van der Waals surface area (Å²) >= 11 is 1.58. The van der Waals surface area contributed by atoms with E-state index in [2.05, 4.69) is 0 Å². The Morgan fingerprint density at radius 3 is 2.94 bits per heavy atom. The summed E-state index contributed by atoms with van der Waals surface area (Å²) in [5.41, 5.74) is 7.80. The maximum absolute atomic E-state index is 12.0. The Balaban J connectivity index is 2.09. The van der Waals surface area contributed by atoms with Crippen molar-refractivity contribution in [1.82, 2.24) is 4.57 Å². The standard InChI is InChI=1S/C13H16N2O2S/c1-9(2)15-6-11(14)5-12(15)13(16)17-7-10-3-4-18-8-10/h3-6,8-9H,7,14H2,1-2H3. The number of carbonyl (C=O) groups is 1. The minimum atomic E-state index is -0.341. The van der Waals surface area contributed by atoms with Crippen molar-refractivity contribution in [1.29, 1.82) is 0 Å². The molecule has 0 aliphatic heterocycles. The van der Waals surface area contributed by atoms with E-state index >= 15 is 0 Å². The first-order valence-corrected chi connectivity index (χ1v) is 6.67. The van der Waals surface area contributed by atoms with Gasteiger partial charge in [-0.3, -0.25) is 0 Å². The molecule has 2 N–H and O–H groups in total. The first-order chi connectivity index (χ1) is 8.58. The maximum Gasteiger partial charge on any atom is 0.355 e. The summed E-state index contributed by atoms with van der Waals surface area (Å²) in [4.78, 5) is 12.0. The van der Waals surface area contributed by atoms with E-state index in [1.807, 2.05) is 35.2 Å². The van der Waals surface area contributed by atoms with Crippen LogP contribution in [0.15, 0.2) is 29.1 Å². The van der Waals surface area contributed by atoms with Crippen LogP contribution in [0.3, 0.4) is 0 Å². The molecule has 2 heterocycles. The van der Waals surface area contributed by atoms with Crippen LogP contribution in [0.5, 0.6) is 0 Å². The van der Waals surface area contributed by atoms with Gasteiger partial charge in [-0.1, -0.05) is 0 Å². The van der Waals surface area contributed by atoms with Crippen molar-refractivity contribution < 1.29 is 9.53 Å². The highest BCUT2D eigenvalue weighted by Gasteiger charge is 2.16. The normalized spacial score (nSPS) is 10.8. The fourth-order valence-electron chi connectivity index (χ4n) is 1.69. The van der Waals surface area contributed by atoms with Gasteiger partial charge in [0, 0.05) is 17.8 Å². The van der Waals surface area contributed by atoms with E-state index in [1.165, 1.54) is 0 Å². The highest BCUT2D eigenvalue weighted by atomic mass is 32.1. The van der Waals surface area contributed by atoms with E-state index in [0.29, 0.717) is 18.0 Å². The Morgan fingerprint density at radius 1 is 1.56 bits per heavy atom. The summed E-state index contributed by atoms with van der Waals surface area (Å²) in [5.74, 6) is -0.341. The van der Waals surface area contributed by atoms with Crippen molar-refractivity contribution in [3.8, 4) is 0 Å². The summed E-state index contributed by atoms with van der Waals surface area (Å²) in [7, 11) is 0. The smallest absolute Gasteiger partial charge is 0.355 e. The van der Waals surface area contributed by atoms with Gasteiger partial charge in [0.15, 0.2) is 0 Å². The molecule has 0 saturated carbocycles. The number of rotatable bonds is 4. The van der Waals surface area contributed by atoms with Crippen LogP contribution in [0.2, 0.25) is 0 Å². The summed E-state index contributed by atoms with van der Waals surface area (Å²) in [6.45, 7) is 4.29. The van der Waals surface area contributed by atoms with E-state index in [4.69, 9.17) is 10.5 Å². The number of nitrogen functional groups attached to an aromatic ring is 1. The molecule has 2 rings (SSSR count). The summed E-state index contributed by atoms with van der Waals surface area (Å²) in [6.07, 6.45) is 1.76. The molecule has 4 nitrogen and oxygen atoms in total. The minimum Gasteiger partial charge on any atom is -0.456 e. The van der Waals surface area contributed by atoms with E-state index in [0.717, 1.165) is 5.56 Å². The Labute approximate surface area is 110 Å². The fourth-order valence-corrected chi connectivity index (χ4v) is 2.34. The average Bonchev–Trinajstić information content (AvgIpc) is 2.94. The van der Waals surface area contributed by atoms with E-state index in [1.54, 1.807) is 23.6 Å².